The third kappa shape index (κ3) is 4.84. The van der Waals surface area contributed by atoms with Crippen LogP contribution in [0.4, 0.5) is 34.1 Å². The number of nitro groups is 4. The maximum atomic E-state index is 11.3. The molecule has 0 aliphatic heterocycles. The van der Waals surface area contributed by atoms with Gasteiger partial charge in [0.15, 0.2) is 11.4 Å². The molecule has 158 valence electrons. The maximum Gasteiger partial charge on any atom is 0.300 e. The lowest BCUT2D eigenvalue weighted by molar-refractivity contribution is -0.392. The van der Waals surface area contributed by atoms with Gasteiger partial charge in [-0.05, 0) is 6.92 Å². The summed E-state index contributed by atoms with van der Waals surface area (Å²) in [5.74, 6) is 0. The van der Waals surface area contributed by atoms with Gasteiger partial charge < -0.3 is 11.1 Å². The summed E-state index contributed by atoms with van der Waals surface area (Å²) in [6, 6.07) is 4.05. The van der Waals surface area contributed by atoms with Crippen LogP contribution in [0, 0.1) is 40.5 Å². The van der Waals surface area contributed by atoms with Gasteiger partial charge in [-0.25, -0.2) is 0 Å². The molecule has 0 aromatic heterocycles. The van der Waals surface area contributed by atoms with E-state index in [1.165, 1.54) is 6.92 Å². The number of nitrogens with one attached hydrogen (secondary N) is 1. The Labute approximate surface area is 176 Å². The van der Waals surface area contributed by atoms with Gasteiger partial charge in [0, 0.05) is 34.1 Å². The van der Waals surface area contributed by atoms with Gasteiger partial charge in [0.1, 0.15) is 0 Å². The second-order valence-corrected chi connectivity index (χ2v) is 7.60. The summed E-state index contributed by atoms with van der Waals surface area (Å²) in [6.07, 6.45) is 0. The van der Waals surface area contributed by atoms with Crippen LogP contribution in [0.1, 0.15) is 6.92 Å². The van der Waals surface area contributed by atoms with Crippen LogP contribution in [-0.2, 0) is 0 Å². The number of nitrogens with two attached hydrogens (primary N) is 1. The molecule has 0 saturated carbocycles. The number of nitrogen functional groups attached to an aromatic ring is 1. The number of rotatable bonds is 8. The lowest BCUT2D eigenvalue weighted by Crippen LogP contribution is -2.14. The van der Waals surface area contributed by atoms with E-state index in [1.54, 1.807) is 0 Å². The zero-order chi connectivity index (χ0) is 22.7. The SMILES string of the molecule is CC(Nc1c([N+](=O)[O-])cc(S)cc1[N+](=O)[O-])Sc1cc([N+](=O)[O-])c(N)c([N+](=O)[O-])c1. The summed E-state index contributed by atoms with van der Waals surface area (Å²) < 4.78 is 0. The first-order valence-electron chi connectivity index (χ1n) is 7.73. The van der Waals surface area contributed by atoms with Crippen molar-refractivity contribution in [3.63, 3.8) is 0 Å². The highest BCUT2D eigenvalue weighted by molar-refractivity contribution is 8.00. The Hall–Kier alpha value is -3.66. The third-order valence-corrected chi connectivity index (χ3v) is 4.88. The Kier molecular flexibility index (Phi) is 6.63. The van der Waals surface area contributed by atoms with E-state index >= 15 is 0 Å². The van der Waals surface area contributed by atoms with Crippen LogP contribution in [-0.4, -0.2) is 25.1 Å². The van der Waals surface area contributed by atoms with E-state index in [1.807, 2.05) is 0 Å². The normalized spacial score (nSPS) is 11.5. The predicted molar refractivity (Wildman–Crippen MR) is 110 cm³/mol. The van der Waals surface area contributed by atoms with Crippen molar-refractivity contribution in [2.45, 2.75) is 22.1 Å². The van der Waals surface area contributed by atoms with Crippen molar-refractivity contribution in [2.24, 2.45) is 0 Å². The van der Waals surface area contributed by atoms with Gasteiger partial charge in [-0.15, -0.1) is 24.4 Å². The Balaban J connectivity index is 2.45. The van der Waals surface area contributed by atoms with Gasteiger partial charge in [-0.2, -0.15) is 0 Å². The van der Waals surface area contributed by atoms with Crippen LogP contribution < -0.4 is 11.1 Å². The first-order valence-corrected chi connectivity index (χ1v) is 9.06. The molecule has 0 heterocycles. The van der Waals surface area contributed by atoms with Gasteiger partial charge >= 0.3 is 11.4 Å². The molecule has 0 radical (unpaired) electrons. The first kappa shape index (κ1) is 22.6. The number of anilines is 2. The smallest absolute Gasteiger partial charge is 0.300 e. The Morgan fingerprint density at radius 1 is 0.867 bits per heavy atom. The molecule has 2 rings (SSSR count). The van der Waals surface area contributed by atoms with Crippen LogP contribution in [0.3, 0.4) is 0 Å². The summed E-state index contributed by atoms with van der Waals surface area (Å²) in [6.45, 7) is 1.46. The molecule has 0 spiro atoms. The quantitative estimate of drug-likeness (QED) is 0.130. The summed E-state index contributed by atoms with van der Waals surface area (Å²) in [5, 5.41) is 46.6. The number of nitro benzene ring substituents is 4. The minimum atomic E-state index is -0.883. The van der Waals surface area contributed by atoms with E-state index in [9.17, 15) is 40.5 Å². The van der Waals surface area contributed by atoms with Gasteiger partial charge in [0.05, 0.1) is 25.1 Å². The second kappa shape index (κ2) is 8.78. The molecule has 1 unspecified atom stereocenters. The average molecular weight is 456 g/mol. The van der Waals surface area contributed by atoms with Crippen molar-refractivity contribution >= 4 is 58.5 Å². The second-order valence-electron chi connectivity index (χ2n) is 5.67. The molecule has 30 heavy (non-hydrogen) atoms. The molecule has 0 amide bonds. The standard InChI is InChI=1S/C14H12N6O8S2/c1-6(16-14-11(19(25)26)2-7(29)3-12(14)20(27)28)30-8-4-9(17(21)22)13(15)10(5-8)18(23)24/h2-6,16,29H,15H2,1H3. The van der Waals surface area contributed by atoms with Gasteiger partial charge in [-0.1, -0.05) is 0 Å². The zero-order valence-electron chi connectivity index (χ0n) is 14.9. The Morgan fingerprint density at radius 3 is 1.63 bits per heavy atom. The van der Waals surface area contributed by atoms with Crippen molar-refractivity contribution < 1.29 is 19.7 Å². The zero-order valence-corrected chi connectivity index (χ0v) is 16.6. The average Bonchev–Trinajstić information content (AvgIpc) is 2.63. The van der Waals surface area contributed by atoms with E-state index in [0.29, 0.717) is 0 Å². The van der Waals surface area contributed by atoms with Gasteiger partial charge in [0.25, 0.3) is 11.4 Å². The van der Waals surface area contributed by atoms with Crippen LogP contribution in [0.5, 0.6) is 0 Å². The number of nitrogens with zero attached hydrogens (tertiary/aromatic N) is 4. The first-order chi connectivity index (χ1) is 13.9. The molecule has 0 bridgehead atoms. The highest BCUT2D eigenvalue weighted by atomic mass is 32.2. The number of thiol groups is 1. The molecule has 0 fully saturated rings. The van der Waals surface area contributed by atoms with Gasteiger partial charge in [0.2, 0.25) is 0 Å². The van der Waals surface area contributed by atoms with E-state index < -0.39 is 59.2 Å². The van der Waals surface area contributed by atoms with Crippen molar-refractivity contribution in [1.29, 1.82) is 0 Å². The third-order valence-electron chi connectivity index (χ3n) is 3.64. The number of hydrogen-bond acceptors (Lipinski definition) is 12. The summed E-state index contributed by atoms with van der Waals surface area (Å²) in [4.78, 5) is 41.5. The van der Waals surface area contributed by atoms with Crippen molar-refractivity contribution in [3.8, 4) is 0 Å². The van der Waals surface area contributed by atoms with Crippen LogP contribution in [0.15, 0.2) is 34.1 Å². The number of thioether (sulfide) groups is 1. The van der Waals surface area contributed by atoms with Gasteiger partial charge in [-0.3, -0.25) is 40.5 Å². The summed E-state index contributed by atoms with van der Waals surface area (Å²) in [7, 11) is 0. The van der Waals surface area contributed by atoms with Crippen molar-refractivity contribution in [2.75, 3.05) is 11.1 Å². The van der Waals surface area contributed by atoms with E-state index in [4.69, 9.17) is 5.73 Å². The molecule has 16 heteroatoms. The molecule has 2 aromatic rings. The molecule has 14 nitrogen and oxygen atoms in total. The fourth-order valence-electron chi connectivity index (χ4n) is 2.44. The topological polar surface area (TPSA) is 211 Å². The molecular weight excluding hydrogens is 444 g/mol. The summed E-state index contributed by atoms with van der Waals surface area (Å²) >= 11 is 4.74. The lowest BCUT2D eigenvalue weighted by atomic mass is 10.2. The lowest BCUT2D eigenvalue weighted by Gasteiger charge is -2.15. The van der Waals surface area contributed by atoms with E-state index in [-0.39, 0.29) is 9.79 Å². The van der Waals surface area contributed by atoms with Crippen LogP contribution in [0.25, 0.3) is 0 Å². The van der Waals surface area contributed by atoms with Crippen LogP contribution >= 0.6 is 24.4 Å². The fraction of sp³-hybridized carbons (Fsp3) is 0.143. The molecule has 3 N–H and O–H groups in total. The molecular formula is C14H12N6O8S2. The predicted octanol–water partition coefficient (Wildman–Crippen LogP) is 3.74. The van der Waals surface area contributed by atoms with E-state index in [0.717, 1.165) is 36.0 Å². The minimum absolute atomic E-state index is 0.00374. The van der Waals surface area contributed by atoms with Crippen LogP contribution in [0.2, 0.25) is 0 Å². The maximum absolute atomic E-state index is 11.3. The molecule has 0 aliphatic rings. The van der Waals surface area contributed by atoms with Crippen molar-refractivity contribution in [3.05, 3.63) is 64.7 Å². The molecule has 2 aromatic carbocycles. The number of hydrogen-bond donors (Lipinski definition) is 3. The van der Waals surface area contributed by atoms with Crippen molar-refractivity contribution in [1.82, 2.24) is 0 Å². The largest absolute Gasteiger partial charge is 0.387 e. The number of benzene rings is 2. The minimum Gasteiger partial charge on any atom is -0.387 e. The Bertz CT molecular complexity index is 1010. The molecule has 1 atom stereocenters. The summed E-state index contributed by atoms with van der Waals surface area (Å²) in [5.41, 5.74) is 1.87. The van der Waals surface area contributed by atoms with E-state index in [2.05, 4.69) is 17.9 Å². The molecule has 0 aliphatic carbocycles. The fourth-order valence-corrected chi connectivity index (χ4v) is 3.63. The highest BCUT2D eigenvalue weighted by Crippen LogP contribution is 2.41. The highest BCUT2D eigenvalue weighted by Gasteiger charge is 2.29. The monoisotopic (exact) mass is 456 g/mol. The molecule has 0 saturated heterocycles. The Morgan fingerprint density at radius 2 is 1.27 bits per heavy atom.